The number of aliphatic carboxylic acids is 1. The van der Waals surface area contributed by atoms with Gasteiger partial charge in [0.25, 0.3) is 0 Å². The van der Waals surface area contributed by atoms with Crippen molar-refractivity contribution in [3.05, 3.63) is 0 Å². The number of carbonyl (C=O) groups is 2. The first kappa shape index (κ1) is 14.5. The minimum atomic E-state index is -3.76. The van der Waals surface area contributed by atoms with E-state index in [-0.39, 0.29) is 22.9 Å². The van der Waals surface area contributed by atoms with Gasteiger partial charge in [0.1, 0.15) is 12.3 Å². The highest BCUT2D eigenvalue weighted by Gasteiger charge is 2.65. The summed E-state index contributed by atoms with van der Waals surface area (Å²) in [6.07, 6.45) is 1.89. The van der Waals surface area contributed by atoms with E-state index >= 15 is 0 Å². The molecule has 2 aliphatic rings. The monoisotopic (exact) mass is 289 g/mol. The topological polar surface area (TPSA) is 101 Å². The molecule has 0 saturated heterocycles. The second-order valence-electron chi connectivity index (χ2n) is 6.14. The lowest BCUT2D eigenvalue weighted by Crippen LogP contribution is -2.46. The van der Waals surface area contributed by atoms with Crippen LogP contribution in [0.25, 0.3) is 0 Å². The number of nitrogens with one attached hydrogen (secondary N) is 1. The van der Waals surface area contributed by atoms with Crippen molar-refractivity contribution in [1.29, 1.82) is 0 Å². The molecule has 2 saturated carbocycles. The third-order valence-corrected chi connectivity index (χ3v) is 6.48. The Balaban J connectivity index is 2.22. The second-order valence-corrected chi connectivity index (χ2v) is 7.95. The lowest BCUT2D eigenvalue weighted by molar-refractivity contribution is -0.135. The van der Waals surface area contributed by atoms with Gasteiger partial charge in [0, 0.05) is 11.8 Å². The lowest BCUT2D eigenvalue weighted by atomic mass is 9.70. The van der Waals surface area contributed by atoms with Gasteiger partial charge < -0.3 is 5.11 Å². The smallest absolute Gasteiger partial charge is 0.318 e. The molecule has 2 N–H and O–H groups in total. The number of fused-ring (bicyclic) bond motifs is 2. The maximum Gasteiger partial charge on any atom is 0.318 e. The van der Waals surface area contributed by atoms with Crippen LogP contribution in [0.3, 0.4) is 0 Å². The molecule has 2 rings (SSSR count). The average Bonchev–Trinajstić information content (AvgIpc) is 2.60. The number of carbonyl (C=O) groups excluding carboxylic acids is 1. The van der Waals surface area contributed by atoms with Crippen molar-refractivity contribution in [2.75, 3.05) is 12.3 Å². The van der Waals surface area contributed by atoms with Crippen LogP contribution in [-0.2, 0) is 19.6 Å². The van der Waals surface area contributed by atoms with Crippen molar-refractivity contribution in [1.82, 2.24) is 4.72 Å². The zero-order valence-electron chi connectivity index (χ0n) is 11.1. The van der Waals surface area contributed by atoms with Crippen LogP contribution in [0.5, 0.6) is 0 Å². The Labute approximate surface area is 112 Å². The van der Waals surface area contributed by atoms with E-state index in [1.54, 1.807) is 0 Å². The van der Waals surface area contributed by atoms with Gasteiger partial charge in [-0.1, -0.05) is 13.8 Å². The molecule has 0 aromatic heterocycles. The van der Waals surface area contributed by atoms with Crippen molar-refractivity contribution < 1.29 is 23.1 Å². The first-order chi connectivity index (χ1) is 8.61. The minimum absolute atomic E-state index is 0.00875. The molecule has 0 aromatic carbocycles. The molecular formula is C12H19NO5S. The predicted octanol–water partition coefficient (Wildman–Crippen LogP) is 0.386. The minimum Gasteiger partial charge on any atom is -0.480 e. The molecule has 2 aliphatic carbocycles. The number of ketones is 1. The Hall–Kier alpha value is -0.950. The fraction of sp³-hybridized carbons (Fsp3) is 0.833. The molecule has 2 fully saturated rings. The Morgan fingerprint density at radius 2 is 2.11 bits per heavy atom. The summed E-state index contributed by atoms with van der Waals surface area (Å²) in [6.45, 7) is 3.25. The summed E-state index contributed by atoms with van der Waals surface area (Å²) in [7, 11) is -3.76. The van der Waals surface area contributed by atoms with Gasteiger partial charge in [0.05, 0.1) is 5.75 Å². The highest BCUT2D eigenvalue weighted by atomic mass is 32.2. The maximum absolute atomic E-state index is 12.2. The molecule has 0 spiro atoms. The van der Waals surface area contributed by atoms with Crippen LogP contribution in [0.1, 0.15) is 33.1 Å². The van der Waals surface area contributed by atoms with Gasteiger partial charge in [-0.3, -0.25) is 9.59 Å². The molecule has 7 heteroatoms. The van der Waals surface area contributed by atoms with Crippen molar-refractivity contribution >= 4 is 21.8 Å². The van der Waals surface area contributed by atoms with Crippen molar-refractivity contribution in [2.45, 2.75) is 33.1 Å². The number of hydrogen-bond donors (Lipinski definition) is 2. The summed E-state index contributed by atoms with van der Waals surface area (Å²) in [5, 5.41) is 8.53. The number of rotatable bonds is 5. The fourth-order valence-electron chi connectivity index (χ4n) is 3.66. The number of hydrogen-bond acceptors (Lipinski definition) is 4. The van der Waals surface area contributed by atoms with Gasteiger partial charge in [0.15, 0.2) is 0 Å². The number of sulfonamides is 1. The van der Waals surface area contributed by atoms with Crippen LogP contribution in [0.2, 0.25) is 0 Å². The largest absolute Gasteiger partial charge is 0.480 e. The quantitative estimate of drug-likeness (QED) is 0.762. The molecule has 6 nitrogen and oxygen atoms in total. The van der Waals surface area contributed by atoms with Crippen LogP contribution in [0.4, 0.5) is 0 Å². The van der Waals surface area contributed by atoms with Gasteiger partial charge in [0.2, 0.25) is 10.0 Å². The zero-order chi connectivity index (χ0) is 14.5. The van der Waals surface area contributed by atoms with Crippen LogP contribution in [0, 0.1) is 16.7 Å². The van der Waals surface area contributed by atoms with E-state index in [1.807, 2.05) is 18.6 Å². The van der Waals surface area contributed by atoms with E-state index in [2.05, 4.69) is 0 Å². The summed E-state index contributed by atoms with van der Waals surface area (Å²) in [5.41, 5.74) is -1.18. The number of carboxylic acids is 1. The lowest BCUT2D eigenvalue weighted by Gasteiger charge is -2.36. The molecule has 19 heavy (non-hydrogen) atoms. The van der Waals surface area contributed by atoms with Crippen LogP contribution < -0.4 is 4.72 Å². The summed E-state index contributed by atoms with van der Waals surface area (Å²) in [4.78, 5) is 22.6. The Bertz CT molecular complexity index is 524. The van der Waals surface area contributed by atoms with E-state index in [0.29, 0.717) is 12.8 Å². The van der Waals surface area contributed by atoms with Crippen molar-refractivity contribution in [3.63, 3.8) is 0 Å². The summed E-state index contributed by atoms with van der Waals surface area (Å²) < 4.78 is 26.0. The molecule has 0 aliphatic heterocycles. The van der Waals surface area contributed by atoms with E-state index in [4.69, 9.17) is 5.11 Å². The molecule has 2 unspecified atom stereocenters. The predicted molar refractivity (Wildman–Crippen MR) is 68.0 cm³/mol. The van der Waals surface area contributed by atoms with Gasteiger partial charge in [-0.2, -0.15) is 0 Å². The number of carboxylic acid groups (broad SMARTS) is 1. The molecule has 2 bridgehead atoms. The zero-order valence-corrected chi connectivity index (χ0v) is 11.9. The molecule has 2 atom stereocenters. The number of Topliss-reactive ketones (excluding diaryl/α,β-unsaturated/α-hetero) is 1. The summed E-state index contributed by atoms with van der Waals surface area (Å²) >= 11 is 0. The third-order valence-electron chi connectivity index (χ3n) is 5.02. The van der Waals surface area contributed by atoms with Gasteiger partial charge in [-0.25, -0.2) is 13.1 Å². The molecule has 108 valence electrons. The van der Waals surface area contributed by atoms with Gasteiger partial charge in [-0.05, 0) is 24.2 Å². The first-order valence-electron chi connectivity index (χ1n) is 6.33. The van der Waals surface area contributed by atoms with Crippen LogP contribution in [-0.4, -0.2) is 37.6 Å². The molecule has 0 aromatic rings. The average molecular weight is 289 g/mol. The van der Waals surface area contributed by atoms with Crippen molar-refractivity contribution in [3.8, 4) is 0 Å². The molecular weight excluding hydrogens is 270 g/mol. The van der Waals surface area contributed by atoms with Gasteiger partial charge >= 0.3 is 5.97 Å². The van der Waals surface area contributed by atoms with Gasteiger partial charge in [-0.15, -0.1) is 0 Å². The summed E-state index contributed by atoms with van der Waals surface area (Å²) in [5.74, 6) is -1.28. The van der Waals surface area contributed by atoms with E-state index < -0.39 is 28.0 Å². The second kappa shape index (κ2) is 4.28. The van der Waals surface area contributed by atoms with Crippen molar-refractivity contribution in [2.24, 2.45) is 16.7 Å². The van der Waals surface area contributed by atoms with Crippen LogP contribution in [0.15, 0.2) is 0 Å². The highest BCUT2D eigenvalue weighted by Crippen LogP contribution is 2.64. The summed E-state index contributed by atoms with van der Waals surface area (Å²) in [6, 6.07) is 0. The first-order valence-corrected chi connectivity index (χ1v) is 7.98. The third kappa shape index (κ3) is 2.18. The van der Waals surface area contributed by atoms with Crippen LogP contribution >= 0.6 is 0 Å². The Morgan fingerprint density at radius 3 is 2.53 bits per heavy atom. The molecule has 0 heterocycles. The van der Waals surface area contributed by atoms with E-state index in [9.17, 15) is 18.0 Å². The standard InChI is InChI=1S/C12H19NO5S/c1-11(2)8-3-4-12(11,9(14)5-8)7-19(17,18)13-6-10(15)16/h8,13H,3-7H2,1-2H3,(H,15,16). The van der Waals surface area contributed by atoms with E-state index in [0.717, 1.165) is 6.42 Å². The normalized spacial score (nSPS) is 32.7. The highest BCUT2D eigenvalue weighted by molar-refractivity contribution is 7.89. The van der Waals surface area contributed by atoms with E-state index in [1.165, 1.54) is 0 Å². The SMILES string of the molecule is CC1(C)C2CCC1(CS(=O)(=O)NCC(=O)O)C(=O)C2. The molecule has 0 radical (unpaired) electrons. The molecule has 0 amide bonds. The Kier molecular flexibility index (Phi) is 3.25. The maximum atomic E-state index is 12.2. The Morgan fingerprint density at radius 1 is 1.47 bits per heavy atom. The fourth-order valence-corrected chi connectivity index (χ4v) is 5.43.